The Morgan fingerprint density at radius 1 is 1.28 bits per heavy atom. The van der Waals surface area contributed by atoms with Crippen molar-refractivity contribution < 1.29 is 9.59 Å². The van der Waals surface area contributed by atoms with Gasteiger partial charge in [-0.05, 0) is 18.4 Å². The van der Waals surface area contributed by atoms with E-state index in [1.165, 1.54) is 4.57 Å². The number of carbonyl (C=O) groups is 2. The highest BCUT2D eigenvalue weighted by atomic mass is 32.2. The molecule has 3 amide bonds. The van der Waals surface area contributed by atoms with Crippen molar-refractivity contribution in [2.75, 3.05) is 12.3 Å². The van der Waals surface area contributed by atoms with Crippen molar-refractivity contribution in [2.24, 2.45) is 0 Å². The molecule has 0 aliphatic carbocycles. The summed E-state index contributed by atoms with van der Waals surface area (Å²) >= 11 is 1.11. The van der Waals surface area contributed by atoms with E-state index in [0.29, 0.717) is 24.7 Å². The van der Waals surface area contributed by atoms with Crippen LogP contribution >= 0.6 is 11.8 Å². The Bertz CT molecular complexity index is 757. The Hall–Kier alpha value is -2.55. The van der Waals surface area contributed by atoms with Crippen molar-refractivity contribution in [3.05, 3.63) is 46.4 Å². The Morgan fingerprint density at radius 3 is 2.76 bits per heavy atom. The number of aryl methyl sites for hydroxylation is 1. The third-order valence-electron chi connectivity index (χ3n) is 3.31. The van der Waals surface area contributed by atoms with E-state index < -0.39 is 11.9 Å². The van der Waals surface area contributed by atoms with Crippen LogP contribution in [0, 0.1) is 0 Å². The molecular weight excluding hydrogens is 342 g/mol. The lowest BCUT2D eigenvalue weighted by atomic mass is 10.1. The molecular formula is C16H21N5O3S. The van der Waals surface area contributed by atoms with Crippen molar-refractivity contribution in [1.82, 2.24) is 25.4 Å². The number of rotatable bonds is 8. The van der Waals surface area contributed by atoms with E-state index in [9.17, 15) is 14.4 Å². The van der Waals surface area contributed by atoms with E-state index in [1.54, 1.807) is 0 Å². The maximum Gasteiger partial charge on any atom is 0.343 e. The number of amides is 3. The van der Waals surface area contributed by atoms with Gasteiger partial charge in [0.05, 0.1) is 5.75 Å². The average Bonchev–Trinajstić information content (AvgIpc) is 2.97. The molecule has 2 rings (SSSR count). The molecule has 2 aromatic rings. The monoisotopic (exact) mass is 363 g/mol. The fourth-order valence-corrected chi connectivity index (χ4v) is 2.84. The number of hydrogen-bond donors (Lipinski definition) is 3. The first-order chi connectivity index (χ1) is 12.1. The summed E-state index contributed by atoms with van der Waals surface area (Å²) in [7, 11) is 0. The van der Waals surface area contributed by atoms with E-state index in [-0.39, 0.29) is 11.4 Å². The summed E-state index contributed by atoms with van der Waals surface area (Å²) in [5, 5.41) is 11.5. The first-order valence-electron chi connectivity index (χ1n) is 7.99. The number of nitrogens with zero attached hydrogens (tertiary/aromatic N) is 2. The van der Waals surface area contributed by atoms with Crippen LogP contribution in [-0.2, 0) is 17.8 Å². The van der Waals surface area contributed by atoms with Crippen molar-refractivity contribution in [2.45, 2.75) is 31.5 Å². The lowest BCUT2D eigenvalue weighted by Crippen LogP contribution is -2.40. The number of H-pyrrole nitrogens is 1. The molecule has 0 spiro atoms. The summed E-state index contributed by atoms with van der Waals surface area (Å²) in [4.78, 5) is 35.1. The molecule has 9 heteroatoms. The third-order valence-corrected chi connectivity index (χ3v) is 4.29. The molecule has 8 nitrogen and oxygen atoms in total. The highest BCUT2D eigenvalue weighted by molar-refractivity contribution is 7.99. The van der Waals surface area contributed by atoms with Crippen LogP contribution in [0.5, 0.6) is 0 Å². The van der Waals surface area contributed by atoms with E-state index in [4.69, 9.17) is 0 Å². The minimum absolute atomic E-state index is 0.00479. The fraction of sp³-hybridized carbons (Fsp3) is 0.375. The topological polar surface area (TPSA) is 109 Å². The molecule has 0 saturated heterocycles. The fourth-order valence-electron chi connectivity index (χ4n) is 2.07. The number of thioether (sulfide) groups is 1. The number of urea groups is 1. The van der Waals surface area contributed by atoms with Crippen LogP contribution in [-0.4, -0.2) is 39.0 Å². The molecule has 0 saturated carbocycles. The summed E-state index contributed by atoms with van der Waals surface area (Å²) in [5.41, 5.74) is 0.788. The first-order valence-corrected chi connectivity index (χ1v) is 8.98. The summed E-state index contributed by atoms with van der Waals surface area (Å²) in [6.07, 6.45) is 1.47. The summed E-state index contributed by atoms with van der Waals surface area (Å²) < 4.78 is 1.49. The molecule has 134 valence electrons. The highest BCUT2D eigenvalue weighted by Crippen LogP contribution is 2.13. The zero-order chi connectivity index (χ0) is 18.1. The number of benzene rings is 1. The van der Waals surface area contributed by atoms with Crippen LogP contribution in [0.1, 0.15) is 18.9 Å². The molecule has 1 heterocycles. The second-order valence-corrected chi connectivity index (χ2v) is 6.23. The Labute approximate surface area is 149 Å². The maximum absolute atomic E-state index is 11.9. The van der Waals surface area contributed by atoms with Crippen LogP contribution in [0.25, 0.3) is 0 Å². The van der Waals surface area contributed by atoms with Gasteiger partial charge >= 0.3 is 11.7 Å². The SMILES string of the molecule is CCCNC(=O)NC(=O)CSc1n[nH]c(=O)n1CCc1ccccc1. The van der Waals surface area contributed by atoms with Gasteiger partial charge < -0.3 is 5.32 Å². The highest BCUT2D eigenvalue weighted by Gasteiger charge is 2.13. The average molecular weight is 363 g/mol. The largest absolute Gasteiger partial charge is 0.343 e. The standard InChI is InChI=1S/C16H21N5O3S/c1-2-9-17-14(23)18-13(22)11-25-16-20-19-15(24)21(16)10-8-12-6-4-3-5-7-12/h3-7H,2,8-11H2,1H3,(H,19,24)(H2,17,18,22,23). The zero-order valence-electron chi connectivity index (χ0n) is 13.9. The smallest absolute Gasteiger partial charge is 0.338 e. The summed E-state index contributed by atoms with van der Waals surface area (Å²) in [6.45, 7) is 2.88. The third kappa shape index (κ3) is 6.11. The molecule has 25 heavy (non-hydrogen) atoms. The molecule has 0 atom stereocenters. The minimum atomic E-state index is -0.518. The number of nitrogens with one attached hydrogen (secondary N) is 3. The van der Waals surface area contributed by atoms with Gasteiger partial charge in [0, 0.05) is 13.1 Å². The molecule has 0 aliphatic rings. The van der Waals surface area contributed by atoms with Crippen LogP contribution in [0.4, 0.5) is 4.79 Å². The Balaban J connectivity index is 1.87. The van der Waals surface area contributed by atoms with Crippen molar-refractivity contribution >= 4 is 23.7 Å². The lowest BCUT2D eigenvalue weighted by molar-refractivity contribution is -0.117. The van der Waals surface area contributed by atoms with E-state index in [0.717, 1.165) is 23.7 Å². The quantitative estimate of drug-likeness (QED) is 0.610. The molecule has 1 aromatic heterocycles. The second-order valence-electron chi connectivity index (χ2n) is 5.29. The summed E-state index contributed by atoms with van der Waals surface area (Å²) in [5.74, 6) is -0.446. The molecule has 3 N–H and O–H groups in total. The molecule has 1 aromatic carbocycles. The van der Waals surface area contributed by atoms with Gasteiger partial charge in [-0.1, -0.05) is 49.0 Å². The van der Waals surface area contributed by atoms with E-state index in [1.807, 2.05) is 37.3 Å². The van der Waals surface area contributed by atoms with E-state index in [2.05, 4.69) is 20.8 Å². The van der Waals surface area contributed by atoms with Crippen LogP contribution < -0.4 is 16.3 Å². The molecule has 0 bridgehead atoms. The van der Waals surface area contributed by atoms with Crippen molar-refractivity contribution in [1.29, 1.82) is 0 Å². The Morgan fingerprint density at radius 2 is 2.04 bits per heavy atom. The Kier molecular flexibility index (Phi) is 7.27. The van der Waals surface area contributed by atoms with Crippen LogP contribution in [0.3, 0.4) is 0 Å². The molecule has 0 fully saturated rings. The number of aromatic amines is 1. The second kappa shape index (κ2) is 9.67. The van der Waals surface area contributed by atoms with Gasteiger partial charge in [0.1, 0.15) is 0 Å². The van der Waals surface area contributed by atoms with Crippen LogP contribution in [0.2, 0.25) is 0 Å². The van der Waals surface area contributed by atoms with Crippen molar-refractivity contribution in [3.8, 4) is 0 Å². The number of imide groups is 1. The van der Waals surface area contributed by atoms with Gasteiger partial charge in [-0.2, -0.15) is 0 Å². The van der Waals surface area contributed by atoms with Gasteiger partial charge in [-0.25, -0.2) is 14.7 Å². The predicted molar refractivity (Wildman–Crippen MR) is 95.6 cm³/mol. The van der Waals surface area contributed by atoms with Crippen molar-refractivity contribution in [3.63, 3.8) is 0 Å². The minimum Gasteiger partial charge on any atom is -0.338 e. The van der Waals surface area contributed by atoms with Gasteiger partial charge in [-0.3, -0.25) is 14.7 Å². The van der Waals surface area contributed by atoms with Gasteiger partial charge in [-0.15, -0.1) is 5.10 Å². The molecule has 0 aliphatic heterocycles. The number of carbonyl (C=O) groups excluding carboxylic acids is 2. The molecule has 0 unspecified atom stereocenters. The van der Waals surface area contributed by atoms with Gasteiger partial charge in [0.2, 0.25) is 5.91 Å². The van der Waals surface area contributed by atoms with E-state index >= 15 is 0 Å². The zero-order valence-corrected chi connectivity index (χ0v) is 14.8. The molecule has 0 radical (unpaired) electrons. The van der Waals surface area contributed by atoms with Gasteiger partial charge in [0.25, 0.3) is 0 Å². The van der Waals surface area contributed by atoms with Crippen LogP contribution in [0.15, 0.2) is 40.3 Å². The lowest BCUT2D eigenvalue weighted by Gasteiger charge is -2.07. The number of hydrogen-bond acceptors (Lipinski definition) is 5. The number of aromatic nitrogens is 3. The maximum atomic E-state index is 11.9. The summed E-state index contributed by atoms with van der Waals surface area (Å²) in [6, 6.07) is 9.27. The van der Waals surface area contributed by atoms with Gasteiger partial charge in [0.15, 0.2) is 5.16 Å². The first kappa shape index (κ1) is 18.8. The normalized spacial score (nSPS) is 10.4. The predicted octanol–water partition coefficient (Wildman–Crippen LogP) is 1.14.